The number of fused-ring (bicyclic) bond motifs is 3. The van der Waals surface area contributed by atoms with Gasteiger partial charge in [0.1, 0.15) is 0 Å². The summed E-state index contributed by atoms with van der Waals surface area (Å²) in [5, 5.41) is 4.80. The minimum absolute atomic E-state index is 0.0337. The summed E-state index contributed by atoms with van der Waals surface area (Å²) in [7, 11) is 0. The first-order chi connectivity index (χ1) is 10.3. The van der Waals surface area contributed by atoms with Gasteiger partial charge in [0.25, 0.3) is 0 Å². The Hall–Kier alpha value is -1.39. The molecule has 0 spiro atoms. The van der Waals surface area contributed by atoms with Crippen molar-refractivity contribution in [3.8, 4) is 0 Å². The van der Waals surface area contributed by atoms with Crippen LogP contribution in [-0.4, -0.2) is 29.9 Å². The lowest BCUT2D eigenvalue weighted by Gasteiger charge is -2.32. The Labute approximate surface area is 128 Å². The molecule has 0 unspecified atom stereocenters. The molecule has 4 heteroatoms. The smallest absolute Gasteiger partial charge is 0.240 e. The van der Waals surface area contributed by atoms with Crippen LogP contribution in [0.25, 0.3) is 10.1 Å². The molecule has 21 heavy (non-hydrogen) atoms. The van der Waals surface area contributed by atoms with E-state index < -0.39 is 0 Å². The highest BCUT2D eigenvalue weighted by molar-refractivity contribution is 7.19. The molecular weight excluding hydrogens is 280 g/mol. The second-order valence-electron chi connectivity index (χ2n) is 6.02. The molecule has 0 saturated carbocycles. The average Bonchev–Trinajstić information content (AvgIpc) is 2.93. The van der Waals surface area contributed by atoms with Gasteiger partial charge in [-0.25, -0.2) is 0 Å². The summed E-state index contributed by atoms with van der Waals surface area (Å²) >= 11 is 1.86. The van der Waals surface area contributed by atoms with Crippen molar-refractivity contribution in [3.63, 3.8) is 0 Å². The van der Waals surface area contributed by atoms with E-state index in [0.29, 0.717) is 5.91 Å². The number of thiophene rings is 1. The standard InChI is InChI=1S/C17H20N2OS/c20-17(19-8-4-1-5-9-19)14-10-13-12-6-2-3-7-15(12)21-16(13)11-18-14/h2-3,6-7,14,18H,1,4-5,8-11H2/t14-/m1/s1. The van der Waals surface area contributed by atoms with Crippen LogP contribution in [0.1, 0.15) is 29.7 Å². The van der Waals surface area contributed by atoms with Crippen molar-refractivity contribution in [2.24, 2.45) is 0 Å². The Morgan fingerprint density at radius 1 is 1.19 bits per heavy atom. The Morgan fingerprint density at radius 3 is 2.86 bits per heavy atom. The van der Waals surface area contributed by atoms with E-state index in [1.807, 2.05) is 11.3 Å². The first kappa shape index (κ1) is 13.3. The first-order valence-corrected chi connectivity index (χ1v) is 8.66. The SMILES string of the molecule is O=C([C@H]1Cc2c(sc3ccccc23)CN1)N1CCCCC1. The predicted molar refractivity (Wildman–Crippen MR) is 86.6 cm³/mol. The maximum absolute atomic E-state index is 12.7. The van der Waals surface area contributed by atoms with E-state index in [1.54, 1.807) is 0 Å². The van der Waals surface area contributed by atoms with Gasteiger partial charge in [-0.1, -0.05) is 18.2 Å². The van der Waals surface area contributed by atoms with Gasteiger partial charge in [0, 0.05) is 29.2 Å². The van der Waals surface area contributed by atoms with E-state index in [-0.39, 0.29) is 6.04 Å². The average molecular weight is 300 g/mol. The molecule has 3 nitrogen and oxygen atoms in total. The fraction of sp³-hybridized carbons (Fsp3) is 0.471. The van der Waals surface area contributed by atoms with Crippen molar-refractivity contribution in [3.05, 3.63) is 34.7 Å². The second-order valence-corrected chi connectivity index (χ2v) is 7.16. The summed E-state index contributed by atoms with van der Waals surface area (Å²) in [5.41, 5.74) is 1.39. The number of benzene rings is 1. The first-order valence-electron chi connectivity index (χ1n) is 7.84. The number of carbonyl (C=O) groups excluding carboxylic acids is 1. The van der Waals surface area contributed by atoms with Crippen LogP contribution in [0.3, 0.4) is 0 Å². The quantitative estimate of drug-likeness (QED) is 0.878. The maximum Gasteiger partial charge on any atom is 0.240 e. The molecule has 1 atom stereocenters. The minimum Gasteiger partial charge on any atom is -0.341 e. The monoisotopic (exact) mass is 300 g/mol. The Bertz CT molecular complexity index is 672. The predicted octanol–water partition coefficient (Wildman–Crippen LogP) is 2.93. The molecule has 0 bridgehead atoms. The third kappa shape index (κ3) is 2.36. The molecule has 4 rings (SSSR count). The lowest BCUT2D eigenvalue weighted by molar-refractivity contribution is -0.134. The van der Waals surface area contributed by atoms with Crippen LogP contribution in [0, 0.1) is 0 Å². The van der Waals surface area contributed by atoms with Crippen LogP contribution in [0.5, 0.6) is 0 Å². The summed E-state index contributed by atoms with van der Waals surface area (Å²) in [6.45, 7) is 2.71. The van der Waals surface area contributed by atoms with Crippen molar-refractivity contribution in [2.45, 2.75) is 38.3 Å². The van der Waals surface area contributed by atoms with Crippen molar-refractivity contribution in [1.82, 2.24) is 10.2 Å². The van der Waals surface area contributed by atoms with Gasteiger partial charge >= 0.3 is 0 Å². The number of rotatable bonds is 1. The Kier molecular flexibility index (Phi) is 3.43. The highest BCUT2D eigenvalue weighted by atomic mass is 32.1. The lowest BCUT2D eigenvalue weighted by atomic mass is 9.97. The highest BCUT2D eigenvalue weighted by Gasteiger charge is 2.30. The van der Waals surface area contributed by atoms with E-state index >= 15 is 0 Å². The van der Waals surface area contributed by atoms with Crippen molar-refractivity contribution in [1.29, 1.82) is 0 Å². The Balaban J connectivity index is 1.59. The molecular formula is C17H20N2OS. The number of nitrogens with zero attached hydrogens (tertiary/aromatic N) is 1. The van der Waals surface area contributed by atoms with E-state index in [0.717, 1.165) is 38.9 Å². The maximum atomic E-state index is 12.7. The fourth-order valence-corrected chi connectivity index (χ4v) is 4.70. The fourth-order valence-electron chi connectivity index (χ4n) is 3.52. The normalized spacial score (nSPS) is 22.3. The third-order valence-corrected chi connectivity index (χ3v) is 5.88. The zero-order chi connectivity index (χ0) is 14.2. The number of hydrogen-bond acceptors (Lipinski definition) is 3. The van der Waals surface area contributed by atoms with Gasteiger partial charge < -0.3 is 10.2 Å². The molecule has 1 fully saturated rings. The lowest BCUT2D eigenvalue weighted by Crippen LogP contribution is -2.50. The number of amides is 1. The topological polar surface area (TPSA) is 32.3 Å². The van der Waals surface area contributed by atoms with Crippen LogP contribution in [0.4, 0.5) is 0 Å². The summed E-state index contributed by atoms with van der Waals surface area (Å²) in [6.07, 6.45) is 4.42. The molecule has 1 amide bonds. The van der Waals surface area contributed by atoms with Gasteiger partial charge in [-0.15, -0.1) is 11.3 Å². The molecule has 2 aliphatic heterocycles. The van der Waals surface area contributed by atoms with E-state index in [9.17, 15) is 4.79 Å². The van der Waals surface area contributed by atoms with Gasteiger partial charge in [0.2, 0.25) is 5.91 Å². The van der Waals surface area contributed by atoms with Crippen LogP contribution >= 0.6 is 11.3 Å². The molecule has 110 valence electrons. The minimum atomic E-state index is -0.0337. The van der Waals surface area contributed by atoms with Gasteiger partial charge in [-0.05, 0) is 42.7 Å². The van der Waals surface area contributed by atoms with E-state index in [2.05, 4.69) is 34.5 Å². The molecule has 1 aromatic carbocycles. The van der Waals surface area contributed by atoms with Crippen LogP contribution < -0.4 is 5.32 Å². The molecule has 0 aliphatic carbocycles. The summed E-state index contributed by atoms with van der Waals surface area (Å²) in [4.78, 5) is 16.1. The van der Waals surface area contributed by atoms with Crippen molar-refractivity contribution >= 4 is 27.3 Å². The van der Waals surface area contributed by atoms with Crippen molar-refractivity contribution < 1.29 is 4.79 Å². The number of likely N-dealkylation sites (tertiary alicyclic amines) is 1. The summed E-state index contributed by atoms with van der Waals surface area (Å²) in [6, 6.07) is 8.53. The highest BCUT2D eigenvalue weighted by Crippen LogP contribution is 2.34. The Morgan fingerprint density at radius 2 is 2.00 bits per heavy atom. The number of carbonyl (C=O) groups is 1. The van der Waals surface area contributed by atoms with Crippen LogP contribution in [0.15, 0.2) is 24.3 Å². The summed E-state index contributed by atoms with van der Waals surface area (Å²) < 4.78 is 1.34. The summed E-state index contributed by atoms with van der Waals surface area (Å²) in [5.74, 6) is 0.302. The van der Waals surface area contributed by atoms with E-state index in [4.69, 9.17) is 0 Å². The molecule has 1 aromatic heterocycles. The number of piperidine rings is 1. The van der Waals surface area contributed by atoms with Gasteiger partial charge in [0.05, 0.1) is 6.04 Å². The zero-order valence-electron chi connectivity index (χ0n) is 12.1. The molecule has 2 aromatic rings. The molecule has 2 aliphatic rings. The van der Waals surface area contributed by atoms with Crippen LogP contribution in [-0.2, 0) is 17.8 Å². The van der Waals surface area contributed by atoms with Gasteiger partial charge in [-0.3, -0.25) is 4.79 Å². The van der Waals surface area contributed by atoms with Crippen molar-refractivity contribution in [2.75, 3.05) is 13.1 Å². The van der Waals surface area contributed by atoms with Gasteiger partial charge in [0.15, 0.2) is 0 Å². The number of nitrogens with one attached hydrogen (secondary N) is 1. The largest absolute Gasteiger partial charge is 0.341 e. The molecule has 3 heterocycles. The number of hydrogen-bond donors (Lipinski definition) is 1. The third-order valence-electron chi connectivity index (χ3n) is 4.67. The van der Waals surface area contributed by atoms with Gasteiger partial charge in [-0.2, -0.15) is 0 Å². The molecule has 0 radical (unpaired) electrons. The van der Waals surface area contributed by atoms with Crippen LogP contribution in [0.2, 0.25) is 0 Å². The molecule has 1 N–H and O–H groups in total. The molecule has 1 saturated heterocycles. The zero-order valence-corrected chi connectivity index (χ0v) is 12.9. The second kappa shape index (κ2) is 5.43. The van der Waals surface area contributed by atoms with E-state index in [1.165, 1.54) is 26.9 Å².